The van der Waals surface area contributed by atoms with Gasteiger partial charge in [-0.05, 0) is 102 Å². The Labute approximate surface area is 313 Å². The summed E-state index contributed by atoms with van der Waals surface area (Å²) in [4.78, 5) is 13.9. The lowest BCUT2D eigenvalue weighted by atomic mass is 10.1. The van der Waals surface area contributed by atoms with E-state index >= 15 is 0 Å². The number of rotatable bonds is 10. The first-order chi connectivity index (χ1) is 26.7. The van der Waals surface area contributed by atoms with Gasteiger partial charge in [-0.25, -0.2) is 9.97 Å². The minimum Gasteiger partial charge on any atom is -0.437 e. The smallest absolute Gasteiger partial charge is 0.220 e. The maximum Gasteiger partial charge on any atom is 0.220 e. The van der Waals surface area contributed by atoms with Crippen molar-refractivity contribution in [3.8, 4) is 0 Å². The fourth-order valence-electron chi connectivity index (χ4n) is 6.53. The Balaban J connectivity index is 0.898. The second-order valence-corrected chi connectivity index (χ2v) is 12.8. The summed E-state index contributed by atoms with van der Waals surface area (Å²) >= 11 is 0. The SMILES string of the molecule is C(=C\c1nc2cc3nc(/C=C/c4ccc(N(c5ccccc5)c5ccccc5)cc4)oc3cc2o1)/c1ccc(N(c2ccccc2)c2ccccc2)cc1. The molecule has 0 saturated heterocycles. The summed E-state index contributed by atoms with van der Waals surface area (Å²) in [6.45, 7) is 0. The van der Waals surface area contributed by atoms with E-state index in [0.717, 1.165) is 56.3 Å². The summed E-state index contributed by atoms with van der Waals surface area (Å²) < 4.78 is 12.2. The van der Waals surface area contributed by atoms with E-state index in [1.165, 1.54) is 0 Å². The molecule has 0 unspecified atom stereocenters. The van der Waals surface area contributed by atoms with Crippen molar-refractivity contribution in [1.82, 2.24) is 9.97 Å². The third-order valence-corrected chi connectivity index (χ3v) is 9.13. The summed E-state index contributed by atoms with van der Waals surface area (Å²) in [5.74, 6) is 1.03. The van der Waals surface area contributed by atoms with E-state index in [1.54, 1.807) is 0 Å². The molecule has 6 nitrogen and oxygen atoms in total. The highest BCUT2D eigenvalue weighted by atomic mass is 16.4. The Kier molecular flexibility index (Phi) is 8.81. The standard InChI is InChI=1S/C48H34N4O2/c1-5-13-37(14-6-1)51(38-15-7-2-8-16-38)41-27-21-35(22-28-41)25-31-47-49-43-33-44-46(34-45(43)53-47)54-48(50-44)32-26-36-23-29-42(30-24-36)52(39-17-9-3-10-18-39)40-19-11-4-12-20-40/h1-34H/b31-25+,32-26+. The molecule has 0 bridgehead atoms. The number of fused-ring (bicyclic) bond motifs is 2. The molecule has 0 radical (unpaired) electrons. The van der Waals surface area contributed by atoms with Crippen molar-refractivity contribution in [3.63, 3.8) is 0 Å². The molecule has 0 atom stereocenters. The number of aromatic nitrogens is 2. The predicted molar refractivity (Wildman–Crippen MR) is 222 cm³/mol. The molecule has 0 aliphatic rings. The van der Waals surface area contributed by atoms with Crippen LogP contribution in [0.3, 0.4) is 0 Å². The molecular formula is C48H34N4O2. The summed E-state index contributed by atoms with van der Waals surface area (Å²) in [5, 5.41) is 0. The van der Waals surface area contributed by atoms with Crippen LogP contribution in [0.15, 0.2) is 191 Å². The van der Waals surface area contributed by atoms with Crippen LogP contribution in [0.2, 0.25) is 0 Å². The van der Waals surface area contributed by atoms with E-state index in [-0.39, 0.29) is 0 Å². The van der Waals surface area contributed by atoms with Gasteiger partial charge < -0.3 is 18.6 Å². The van der Waals surface area contributed by atoms with Gasteiger partial charge >= 0.3 is 0 Å². The first kappa shape index (κ1) is 32.5. The number of oxazole rings is 2. The van der Waals surface area contributed by atoms with Gasteiger partial charge in [-0.2, -0.15) is 0 Å². The predicted octanol–water partition coefficient (Wildman–Crippen LogP) is 13.2. The lowest BCUT2D eigenvalue weighted by Gasteiger charge is -2.25. The van der Waals surface area contributed by atoms with Gasteiger partial charge in [-0.3, -0.25) is 0 Å². The van der Waals surface area contributed by atoms with Crippen molar-refractivity contribution in [1.29, 1.82) is 0 Å². The summed E-state index contributed by atoms with van der Waals surface area (Å²) in [6, 6.07) is 62.1. The van der Waals surface area contributed by atoms with Gasteiger partial charge in [0.05, 0.1) is 0 Å². The highest BCUT2D eigenvalue weighted by Crippen LogP contribution is 2.36. The number of hydrogen-bond donors (Lipinski definition) is 0. The minimum atomic E-state index is 0.513. The molecule has 9 rings (SSSR count). The number of benzene rings is 7. The highest BCUT2D eigenvalue weighted by molar-refractivity contribution is 5.90. The number of nitrogens with zero attached hydrogens (tertiary/aromatic N) is 4. The molecule has 7 aromatic carbocycles. The Morgan fingerprint density at radius 2 is 0.648 bits per heavy atom. The first-order valence-corrected chi connectivity index (χ1v) is 17.8. The quantitative estimate of drug-likeness (QED) is 0.142. The molecule has 2 aromatic heterocycles. The molecule has 9 aromatic rings. The Morgan fingerprint density at radius 1 is 0.333 bits per heavy atom. The van der Waals surface area contributed by atoms with Crippen molar-refractivity contribution in [2.45, 2.75) is 0 Å². The first-order valence-electron chi connectivity index (χ1n) is 17.8. The van der Waals surface area contributed by atoms with Crippen LogP contribution in [0.25, 0.3) is 46.5 Å². The zero-order valence-electron chi connectivity index (χ0n) is 29.2. The lowest BCUT2D eigenvalue weighted by Crippen LogP contribution is -2.09. The van der Waals surface area contributed by atoms with Gasteiger partial charge in [0.2, 0.25) is 11.8 Å². The van der Waals surface area contributed by atoms with Crippen molar-refractivity contribution in [2.75, 3.05) is 9.80 Å². The maximum absolute atomic E-state index is 6.09. The van der Waals surface area contributed by atoms with Gasteiger partial charge in [0.15, 0.2) is 11.2 Å². The van der Waals surface area contributed by atoms with Crippen molar-refractivity contribution >= 4 is 80.6 Å². The molecule has 54 heavy (non-hydrogen) atoms. The van der Waals surface area contributed by atoms with Crippen LogP contribution in [0, 0.1) is 0 Å². The molecule has 0 aliphatic heterocycles. The molecular weight excluding hydrogens is 665 g/mol. The average molecular weight is 699 g/mol. The summed E-state index contributed by atoms with van der Waals surface area (Å²) in [5.41, 5.74) is 11.3. The molecule has 0 saturated carbocycles. The van der Waals surface area contributed by atoms with Crippen LogP contribution in [0.1, 0.15) is 22.9 Å². The monoisotopic (exact) mass is 698 g/mol. The van der Waals surface area contributed by atoms with E-state index < -0.39 is 0 Å². The average Bonchev–Trinajstić information content (AvgIpc) is 3.83. The fourth-order valence-corrected chi connectivity index (χ4v) is 6.53. The lowest BCUT2D eigenvalue weighted by molar-refractivity contribution is 0.580. The third-order valence-electron chi connectivity index (χ3n) is 9.13. The Morgan fingerprint density at radius 3 is 0.981 bits per heavy atom. The molecule has 258 valence electrons. The Hall–Kier alpha value is -7.44. The second-order valence-electron chi connectivity index (χ2n) is 12.8. The zero-order chi connectivity index (χ0) is 36.1. The van der Waals surface area contributed by atoms with Gasteiger partial charge in [0, 0.05) is 52.3 Å². The van der Waals surface area contributed by atoms with Crippen molar-refractivity contribution in [3.05, 3.63) is 205 Å². The van der Waals surface area contributed by atoms with Crippen LogP contribution in [-0.4, -0.2) is 9.97 Å². The fraction of sp³-hybridized carbons (Fsp3) is 0. The van der Waals surface area contributed by atoms with E-state index in [1.807, 2.05) is 60.7 Å². The number of para-hydroxylation sites is 4. The maximum atomic E-state index is 6.09. The normalized spacial score (nSPS) is 11.6. The van der Waals surface area contributed by atoms with E-state index in [0.29, 0.717) is 22.9 Å². The summed E-state index contributed by atoms with van der Waals surface area (Å²) in [6.07, 6.45) is 7.77. The van der Waals surface area contributed by atoms with Gasteiger partial charge in [0.25, 0.3) is 0 Å². The minimum absolute atomic E-state index is 0.513. The van der Waals surface area contributed by atoms with E-state index in [4.69, 9.17) is 18.8 Å². The zero-order valence-corrected chi connectivity index (χ0v) is 29.2. The number of hydrogen-bond acceptors (Lipinski definition) is 6. The van der Waals surface area contributed by atoms with Crippen LogP contribution in [0.4, 0.5) is 34.1 Å². The number of anilines is 6. The van der Waals surface area contributed by atoms with E-state index in [2.05, 4.69) is 155 Å². The molecule has 2 heterocycles. The molecule has 0 amide bonds. The van der Waals surface area contributed by atoms with Crippen LogP contribution in [0.5, 0.6) is 0 Å². The van der Waals surface area contributed by atoms with Crippen molar-refractivity contribution in [2.24, 2.45) is 0 Å². The highest BCUT2D eigenvalue weighted by Gasteiger charge is 2.14. The van der Waals surface area contributed by atoms with E-state index in [9.17, 15) is 0 Å². The molecule has 0 fully saturated rings. The van der Waals surface area contributed by atoms with Gasteiger partial charge in [0.1, 0.15) is 11.0 Å². The van der Waals surface area contributed by atoms with Crippen LogP contribution in [-0.2, 0) is 0 Å². The molecule has 0 spiro atoms. The largest absolute Gasteiger partial charge is 0.437 e. The molecule has 6 heteroatoms. The van der Waals surface area contributed by atoms with Crippen LogP contribution >= 0.6 is 0 Å². The topological polar surface area (TPSA) is 58.5 Å². The summed E-state index contributed by atoms with van der Waals surface area (Å²) in [7, 11) is 0. The molecule has 0 N–H and O–H groups in total. The van der Waals surface area contributed by atoms with Crippen molar-refractivity contribution < 1.29 is 8.83 Å². The van der Waals surface area contributed by atoms with Gasteiger partial charge in [-0.15, -0.1) is 0 Å². The third kappa shape index (κ3) is 6.92. The van der Waals surface area contributed by atoms with Crippen LogP contribution < -0.4 is 9.80 Å². The Bertz CT molecular complexity index is 2370. The second kappa shape index (κ2) is 14.7. The van der Waals surface area contributed by atoms with Gasteiger partial charge in [-0.1, -0.05) is 97.1 Å². The molecule has 0 aliphatic carbocycles.